The molecule has 3 rings (SSSR count). The minimum Gasteiger partial charge on any atom is -0.469 e. The van der Waals surface area contributed by atoms with Crippen molar-refractivity contribution in [2.75, 3.05) is 7.05 Å². The van der Waals surface area contributed by atoms with Gasteiger partial charge in [-0.05, 0) is 68.0 Å². The van der Waals surface area contributed by atoms with Gasteiger partial charge >= 0.3 is 0 Å². The number of furan rings is 1. The average molecular weight is 269 g/mol. The van der Waals surface area contributed by atoms with Crippen LogP contribution in [0.15, 0.2) is 41.0 Å². The fraction of sp³-hybridized carbons (Fsp3) is 0.444. The topological polar surface area (TPSA) is 25.2 Å². The molecule has 2 nitrogen and oxygen atoms in total. The van der Waals surface area contributed by atoms with Crippen LogP contribution in [0, 0.1) is 0 Å². The van der Waals surface area contributed by atoms with Gasteiger partial charge in [0.2, 0.25) is 0 Å². The highest BCUT2D eigenvalue weighted by Crippen LogP contribution is 2.23. The highest BCUT2D eigenvalue weighted by molar-refractivity contribution is 5.35. The predicted octanol–water partition coefficient (Wildman–Crippen LogP) is 3.53. The lowest BCUT2D eigenvalue weighted by molar-refractivity contribution is 0.460. The van der Waals surface area contributed by atoms with Crippen LogP contribution in [-0.2, 0) is 25.7 Å². The Labute approximate surface area is 121 Å². The van der Waals surface area contributed by atoms with Gasteiger partial charge < -0.3 is 9.73 Å². The molecule has 0 fully saturated rings. The first-order valence-electron chi connectivity index (χ1n) is 7.65. The molecule has 1 aromatic heterocycles. The van der Waals surface area contributed by atoms with Gasteiger partial charge in [0.15, 0.2) is 0 Å². The van der Waals surface area contributed by atoms with E-state index < -0.39 is 0 Å². The van der Waals surface area contributed by atoms with Crippen molar-refractivity contribution >= 4 is 0 Å². The zero-order valence-electron chi connectivity index (χ0n) is 12.2. The third-order valence-corrected chi connectivity index (χ3v) is 4.37. The van der Waals surface area contributed by atoms with Crippen LogP contribution < -0.4 is 5.32 Å². The number of hydrogen-bond donors (Lipinski definition) is 1. The van der Waals surface area contributed by atoms with Crippen molar-refractivity contribution < 1.29 is 4.42 Å². The first-order chi connectivity index (χ1) is 9.85. The van der Waals surface area contributed by atoms with Crippen molar-refractivity contribution in [3.63, 3.8) is 0 Å². The maximum atomic E-state index is 5.41. The number of nitrogens with one attached hydrogen (secondary N) is 1. The van der Waals surface area contributed by atoms with Gasteiger partial charge in [-0.3, -0.25) is 0 Å². The molecular weight excluding hydrogens is 246 g/mol. The Morgan fingerprint density at radius 3 is 2.90 bits per heavy atom. The summed E-state index contributed by atoms with van der Waals surface area (Å²) in [6, 6.07) is 11.6. The molecule has 0 bridgehead atoms. The summed E-state index contributed by atoms with van der Waals surface area (Å²) in [5, 5.41) is 3.44. The van der Waals surface area contributed by atoms with Crippen LogP contribution in [0.3, 0.4) is 0 Å². The molecule has 1 N–H and O–H groups in total. The number of rotatable bonds is 6. The lowest BCUT2D eigenvalue weighted by atomic mass is 9.98. The quantitative estimate of drug-likeness (QED) is 0.868. The van der Waals surface area contributed by atoms with E-state index in [0.29, 0.717) is 6.04 Å². The second-order valence-corrected chi connectivity index (χ2v) is 5.76. The van der Waals surface area contributed by atoms with Crippen LogP contribution in [0.4, 0.5) is 0 Å². The van der Waals surface area contributed by atoms with Crippen LogP contribution in [0.5, 0.6) is 0 Å². The first-order valence-corrected chi connectivity index (χ1v) is 7.65. The normalized spacial score (nSPS) is 15.2. The molecule has 1 unspecified atom stereocenters. The smallest absolute Gasteiger partial charge is 0.103 e. The van der Waals surface area contributed by atoms with E-state index in [9.17, 15) is 0 Å². The van der Waals surface area contributed by atoms with Crippen LogP contribution in [0.1, 0.15) is 35.3 Å². The van der Waals surface area contributed by atoms with Crippen molar-refractivity contribution in [1.82, 2.24) is 5.32 Å². The van der Waals surface area contributed by atoms with Crippen molar-refractivity contribution in [3.8, 4) is 0 Å². The standard InChI is InChI=1S/C18H23NO/c1-19-17(9-10-18-6-3-11-20-18)13-14-7-8-15-4-2-5-16(15)12-14/h3,6-8,11-12,17,19H,2,4-5,9-10,13H2,1H3. The Morgan fingerprint density at radius 1 is 1.20 bits per heavy atom. The Hall–Kier alpha value is -1.54. The zero-order chi connectivity index (χ0) is 13.8. The average Bonchev–Trinajstić information content (AvgIpc) is 3.13. The Morgan fingerprint density at radius 2 is 2.10 bits per heavy atom. The number of fused-ring (bicyclic) bond motifs is 1. The Balaban J connectivity index is 1.59. The van der Waals surface area contributed by atoms with Crippen molar-refractivity contribution in [2.24, 2.45) is 0 Å². The molecule has 1 aromatic carbocycles. The van der Waals surface area contributed by atoms with Gasteiger partial charge in [0, 0.05) is 12.5 Å². The summed E-state index contributed by atoms with van der Waals surface area (Å²) in [4.78, 5) is 0. The van der Waals surface area contributed by atoms with Gasteiger partial charge in [-0.1, -0.05) is 18.2 Å². The fourth-order valence-electron chi connectivity index (χ4n) is 3.16. The van der Waals surface area contributed by atoms with E-state index in [1.54, 1.807) is 17.4 Å². The summed E-state index contributed by atoms with van der Waals surface area (Å²) < 4.78 is 5.41. The lowest BCUT2D eigenvalue weighted by Gasteiger charge is -2.16. The fourth-order valence-corrected chi connectivity index (χ4v) is 3.16. The van der Waals surface area contributed by atoms with E-state index in [4.69, 9.17) is 4.42 Å². The van der Waals surface area contributed by atoms with E-state index in [2.05, 4.69) is 36.6 Å². The maximum Gasteiger partial charge on any atom is 0.103 e. The SMILES string of the molecule is CNC(CCc1ccco1)Cc1ccc2c(c1)CCC2. The summed E-state index contributed by atoms with van der Waals surface area (Å²) in [6.45, 7) is 0. The zero-order valence-corrected chi connectivity index (χ0v) is 12.2. The molecule has 0 radical (unpaired) electrons. The van der Waals surface area contributed by atoms with Crippen molar-refractivity contribution in [2.45, 2.75) is 44.6 Å². The molecule has 1 atom stereocenters. The van der Waals surface area contributed by atoms with E-state index >= 15 is 0 Å². The molecule has 1 heterocycles. The van der Waals surface area contributed by atoms with Gasteiger partial charge in [-0.25, -0.2) is 0 Å². The largest absolute Gasteiger partial charge is 0.469 e. The summed E-state index contributed by atoms with van der Waals surface area (Å²) in [7, 11) is 2.06. The van der Waals surface area contributed by atoms with E-state index in [-0.39, 0.29) is 0 Å². The summed E-state index contributed by atoms with van der Waals surface area (Å²) in [5.41, 5.74) is 4.60. The molecule has 20 heavy (non-hydrogen) atoms. The molecular formula is C18H23NO. The molecule has 0 aliphatic heterocycles. The number of benzene rings is 1. The van der Waals surface area contributed by atoms with E-state index in [1.165, 1.54) is 24.8 Å². The summed E-state index contributed by atoms with van der Waals surface area (Å²) in [5.74, 6) is 1.08. The summed E-state index contributed by atoms with van der Waals surface area (Å²) in [6.07, 6.45) is 8.83. The van der Waals surface area contributed by atoms with E-state index in [1.807, 2.05) is 6.07 Å². The Bertz CT molecular complexity index is 545. The lowest BCUT2D eigenvalue weighted by Crippen LogP contribution is -2.28. The number of hydrogen-bond acceptors (Lipinski definition) is 2. The molecule has 106 valence electrons. The molecule has 0 saturated heterocycles. The highest BCUT2D eigenvalue weighted by Gasteiger charge is 2.13. The third-order valence-electron chi connectivity index (χ3n) is 4.37. The minimum atomic E-state index is 0.513. The predicted molar refractivity (Wildman–Crippen MR) is 82.0 cm³/mol. The van der Waals surface area contributed by atoms with Crippen LogP contribution in [0.25, 0.3) is 0 Å². The van der Waals surface area contributed by atoms with Gasteiger partial charge in [0.25, 0.3) is 0 Å². The van der Waals surface area contributed by atoms with Gasteiger partial charge in [0.1, 0.15) is 5.76 Å². The molecule has 2 aromatic rings. The second-order valence-electron chi connectivity index (χ2n) is 5.76. The highest BCUT2D eigenvalue weighted by atomic mass is 16.3. The second kappa shape index (κ2) is 6.27. The molecule has 0 amide bonds. The Kier molecular flexibility index (Phi) is 4.22. The van der Waals surface area contributed by atoms with E-state index in [0.717, 1.165) is 25.0 Å². The number of aryl methyl sites for hydroxylation is 3. The van der Waals surface area contributed by atoms with Crippen molar-refractivity contribution in [1.29, 1.82) is 0 Å². The number of likely N-dealkylation sites (N-methyl/N-ethyl adjacent to an activating group) is 1. The van der Waals surface area contributed by atoms with Gasteiger partial charge in [-0.15, -0.1) is 0 Å². The van der Waals surface area contributed by atoms with Crippen molar-refractivity contribution in [3.05, 3.63) is 59.0 Å². The molecule has 2 heteroatoms. The molecule has 0 saturated carbocycles. The first kappa shape index (κ1) is 13.4. The monoisotopic (exact) mass is 269 g/mol. The molecule has 1 aliphatic rings. The van der Waals surface area contributed by atoms with Crippen LogP contribution >= 0.6 is 0 Å². The van der Waals surface area contributed by atoms with Crippen LogP contribution in [0.2, 0.25) is 0 Å². The minimum absolute atomic E-state index is 0.513. The van der Waals surface area contributed by atoms with Crippen LogP contribution in [-0.4, -0.2) is 13.1 Å². The van der Waals surface area contributed by atoms with Gasteiger partial charge in [-0.2, -0.15) is 0 Å². The maximum absolute atomic E-state index is 5.41. The molecule has 1 aliphatic carbocycles. The third kappa shape index (κ3) is 3.13. The summed E-state index contributed by atoms with van der Waals surface area (Å²) >= 11 is 0. The molecule has 0 spiro atoms. The van der Waals surface area contributed by atoms with Gasteiger partial charge in [0.05, 0.1) is 6.26 Å².